The molecule has 1 amide bonds. The van der Waals surface area contributed by atoms with E-state index in [4.69, 9.17) is 21.1 Å². The maximum absolute atomic E-state index is 12.6. The second kappa shape index (κ2) is 8.67. The zero-order valence-electron chi connectivity index (χ0n) is 18.3. The van der Waals surface area contributed by atoms with E-state index in [-0.39, 0.29) is 12.2 Å². The lowest BCUT2D eigenvalue weighted by molar-refractivity contribution is 0.00777. The number of hydrogen-bond acceptors (Lipinski definition) is 5. The zero-order valence-corrected chi connectivity index (χ0v) is 19.8. The number of likely N-dealkylation sites (tertiary alicyclic amines) is 1. The highest BCUT2D eigenvalue weighted by Crippen LogP contribution is 2.40. The Balaban J connectivity index is 1.63. The molecule has 1 aromatic carbocycles. The molecule has 164 valence electrons. The number of ether oxygens (including phenoxy) is 2. The average Bonchev–Trinajstić information content (AvgIpc) is 3.18. The maximum atomic E-state index is 12.6. The van der Waals surface area contributed by atoms with Gasteiger partial charge in [0.2, 0.25) is 0 Å². The molecule has 0 aliphatic carbocycles. The molecule has 4 rings (SSSR count). The Morgan fingerprint density at radius 3 is 2.84 bits per heavy atom. The molecule has 1 atom stereocenters. The second-order valence-electron chi connectivity index (χ2n) is 8.91. The number of halogens is 1. The third kappa shape index (κ3) is 4.96. The first-order chi connectivity index (χ1) is 14.7. The van der Waals surface area contributed by atoms with Crippen molar-refractivity contribution in [1.29, 1.82) is 0 Å². The molecule has 1 fully saturated rings. The first-order valence-electron chi connectivity index (χ1n) is 10.5. The number of nitrogens with zero attached hydrogens (tertiary/aromatic N) is 2. The van der Waals surface area contributed by atoms with Crippen LogP contribution in [0.5, 0.6) is 5.75 Å². The van der Waals surface area contributed by atoms with Gasteiger partial charge in [0.05, 0.1) is 6.54 Å². The van der Waals surface area contributed by atoms with Crippen molar-refractivity contribution in [3.8, 4) is 16.9 Å². The molecule has 31 heavy (non-hydrogen) atoms. The molecule has 3 aromatic rings. The summed E-state index contributed by atoms with van der Waals surface area (Å²) in [6, 6.07) is 7.94. The molecule has 0 radical (unpaired) electrons. The van der Waals surface area contributed by atoms with Crippen LogP contribution in [0.1, 0.15) is 39.2 Å². The van der Waals surface area contributed by atoms with Gasteiger partial charge < -0.3 is 14.4 Å². The molecule has 1 aliphatic rings. The summed E-state index contributed by atoms with van der Waals surface area (Å²) in [6.07, 6.45) is 3.17. The molecule has 0 bridgehead atoms. The van der Waals surface area contributed by atoms with E-state index >= 15 is 0 Å². The molecule has 2 aromatic heterocycles. The number of hydrogen-bond donors (Lipinski definition) is 0. The van der Waals surface area contributed by atoms with Crippen molar-refractivity contribution in [3.63, 3.8) is 0 Å². The summed E-state index contributed by atoms with van der Waals surface area (Å²) in [6.45, 7) is 8.83. The number of amides is 1. The van der Waals surface area contributed by atoms with Crippen LogP contribution in [0.25, 0.3) is 21.3 Å². The predicted octanol–water partition coefficient (Wildman–Crippen LogP) is 6.70. The minimum atomic E-state index is -0.516. The van der Waals surface area contributed by atoms with Crippen molar-refractivity contribution in [2.45, 2.75) is 52.2 Å². The van der Waals surface area contributed by atoms with Gasteiger partial charge in [-0.1, -0.05) is 11.6 Å². The van der Waals surface area contributed by atoms with Crippen molar-refractivity contribution in [1.82, 2.24) is 9.88 Å². The minimum absolute atomic E-state index is 0.111. The maximum Gasteiger partial charge on any atom is 0.410 e. The van der Waals surface area contributed by atoms with Gasteiger partial charge in [0, 0.05) is 28.7 Å². The summed E-state index contributed by atoms with van der Waals surface area (Å²) in [5.41, 5.74) is 2.45. The molecular formula is C24H27ClN2O3S. The summed E-state index contributed by atoms with van der Waals surface area (Å²) in [5, 5.41) is 3.79. The third-order valence-electron chi connectivity index (χ3n) is 5.21. The number of rotatable bonds is 3. The number of aromatic nitrogens is 1. The van der Waals surface area contributed by atoms with Crippen molar-refractivity contribution >= 4 is 39.2 Å². The molecule has 0 spiro atoms. The van der Waals surface area contributed by atoms with E-state index < -0.39 is 5.60 Å². The lowest BCUT2D eigenvalue weighted by Gasteiger charge is -2.34. The molecule has 5 nitrogen and oxygen atoms in total. The monoisotopic (exact) mass is 458 g/mol. The Hall–Kier alpha value is -2.31. The van der Waals surface area contributed by atoms with Gasteiger partial charge in [0.25, 0.3) is 0 Å². The smallest absolute Gasteiger partial charge is 0.410 e. The highest BCUT2D eigenvalue weighted by molar-refractivity contribution is 7.16. The first kappa shape index (κ1) is 21.9. The summed E-state index contributed by atoms with van der Waals surface area (Å²) in [7, 11) is 0. The molecule has 3 heterocycles. The summed E-state index contributed by atoms with van der Waals surface area (Å²) in [4.78, 5) is 19.7. The van der Waals surface area contributed by atoms with Crippen LogP contribution in [-0.2, 0) is 4.74 Å². The first-order valence-corrected chi connectivity index (χ1v) is 11.7. The minimum Gasteiger partial charge on any atom is -0.488 e. The highest BCUT2D eigenvalue weighted by atomic mass is 35.5. The van der Waals surface area contributed by atoms with Gasteiger partial charge in [-0.25, -0.2) is 9.78 Å². The lowest BCUT2D eigenvalue weighted by atomic mass is 10.00. The topological polar surface area (TPSA) is 51.7 Å². The average molecular weight is 459 g/mol. The van der Waals surface area contributed by atoms with Crippen LogP contribution in [0, 0.1) is 6.92 Å². The fourth-order valence-electron chi connectivity index (χ4n) is 3.89. The Bertz CT molecular complexity index is 1110. The molecule has 0 saturated carbocycles. The lowest BCUT2D eigenvalue weighted by Crippen LogP contribution is -2.46. The van der Waals surface area contributed by atoms with Crippen LogP contribution in [0.15, 0.2) is 35.8 Å². The number of carbonyl (C=O) groups is 1. The van der Waals surface area contributed by atoms with Gasteiger partial charge in [0.1, 0.15) is 22.3 Å². The fraction of sp³-hybridized carbons (Fsp3) is 0.417. The third-order valence-corrected chi connectivity index (χ3v) is 6.25. The van der Waals surface area contributed by atoms with Crippen molar-refractivity contribution < 1.29 is 14.3 Å². The van der Waals surface area contributed by atoms with Crippen LogP contribution in [-0.4, -0.2) is 40.8 Å². The zero-order chi connectivity index (χ0) is 22.2. The van der Waals surface area contributed by atoms with E-state index in [0.717, 1.165) is 45.5 Å². The number of fused-ring (bicyclic) bond motifs is 1. The molecule has 0 N–H and O–H groups in total. The van der Waals surface area contributed by atoms with Crippen molar-refractivity contribution in [2.24, 2.45) is 0 Å². The number of pyridine rings is 1. The number of carbonyl (C=O) groups excluding carboxylic acids is 1. The number of piperidine rings is 1. The van der Waals surface area contributed by atoms with E-state index in [9.17, 15) is 4.79 Å². The Labute approximate surface area is 191 Å². The normalized spacial score (nSPS) is 17.1. The SMILES string of the molecule is Cc1cc(Cl)cc(-c2ccnc3sccc23)c1O[C@H]1CCCN(C(=O)OC(C)(C)C)C1. The predicted molar refractivity (Wildman–Crippen MR) is 126 cm³/mol. The van der Waals surface area contributed by atoms with Gasteiger partial charge in [-0.05, 0) is 81.3 Å². The largest absolute Gasteiger partial charge is 0.488 e. The molecular weight excluding hydrogens is 432 g/mol. The molecule has 1 aliphatic heterocycles. The van der Waals surface area contributed by atoms with Crippen LogP contribution in [0.4, 0.5) is 4.79 Å². The van der Waals surface area contributed by atoms with Crippen LogP contribution < -0.4 is 4.74 Å². The van der Waals surface area contributed by atoms with Crippen LogP contribution >= 0.6 is 22.9 Å². The van der Waals surface area contributed by atoms with Crippen molar-refractivity contribution in [3.05, 3.63) is 46.4 Å². The Morgan fingerprint density at radius 2 is 2.06 bits per heavy atom. The number of thiophene rings is 1. The van der Waals surface area contributed by atoms with Gasteiger partial charge >= 0.3 is 6.09 Å². The molecule has 1 saturated heterocycles. The van der Waals surface area contributed by atoms with Crippen LogP contribution in [0.3, 0.4) is 0 Å². The fourth-order valence-corrected chi connectivity index (χ4v) is 4.92. The number of benzene rings is 1. The van der Waals surface area contributed by atoms with Gasteiger partial charge in [0.15, 0.2) is 0 Å². The quantitative estimate of drug-likeness (QED) is 0.438. The van der Waals surface area contributed by atoms with E-state index in [1.54, 1.807) is 16.2 Å². The number of aryl methyl sites for hydroxylation is 1. The van der Waals surface area contributed by atoms with E-state index in [2.05, 4.69) is 11.1 Å². The van der Waals surface area contributed by atoms with E-state index in [1.165, 1.54) is 0 Å². The highest BCUT2D eigenvalue weighted by Gasteiger charge is 2.29. The van der Waals surface area contributed by atoms with Gasteiger partial charge in [-0.3, -0.25) is 0 Å². The summed E-state index contributed by atoms with van der Waals surface area (Å²) in [5.74, 6) is 0.805. The van der Waals surface area contributed by atoms with E-state index in [1.807, 2.05) is 57.5 Å². The molecule has 0 unspecified atom stereocenters. The van der Waals surface area contributed by atoms with Gasteiger partial charge in [-0.2, -0.15) is 0 Å². The van der Waals surface area contributed by atoms with Crippen molar-refractivity contribution in [2.75, 3.05) is 13.1 Å². The summed E-state index contributed by atoms with van der Waals surface area (Å²) < 4.78 is 12.1. The summed E-state index contributed by atoms with van der Waals surface area (Å²) >= 11 is 8.04. The Kier molecular flexibility index (Phi) is 6.13. The van der Waals surface area contributed by atoms with Crippen LogP contribution in [0.2, 0.25) is 5.02 Å². The second-order valence-corrected chi connectivity index (χ2v) is 10.2. The Morgan fingerprint density at radius 1 is 1.26 bits per heavy atom. The standard InChI is InChI=1S/C24H27ClN2O3S/c1-15-12-16(25)13-20(18-7-9-26-22-19(18)8-11-31-22)21(15)29-17-6-5-10-27(14-17)23(28)30-24(2,3)4/h7-9,11-13,17H,5-6,10,14H2,1-4H3/t17-/m0/s1. The van der Waals surface area contributed by atoms with Gasteiger partial charge in [-0.15, -0.1) is 11.3 Å². The molecule has 7 heteroatoms. The van der Waals surface area contributed by atoms with E-state index in [0.29, 0.717) is 18.1 Å².